The number of likely N-dealkylation sites (tertiary alicyclic amines) is 1. The molecule has 1 aliphatic heterocycles. The number of nitrogens with zero attached hydrogens (tertiary/aromatic N) is 1. The van der Waals surface area contributed by atoms with E-state index in [4.69, 9.17) is 18.9 Å². The predicted molar refractivity (Wildman–Crippen MR) is 210 cm³/mol. The van der Waals surface area contributed by atoms with Crippen LogP contribution in [0.15, 0.2) is 54.6 Å². The summed E-state index contributed by atoms with van der Waals surface area (Å²) in [6.07, 6.45) is 4.52. The third-order valence-corrected chi connectivity index (χ3v) is 11.2. The molecule has 2 heterocycles. The van der Waals surface area contributed by atoms with E-state index in [9.17, 15) is 28.4 Å². The number of nitrogens with one attached hydrogen (secondary N) is 3. The van der Waals surface area contributed by atoms with E-state index < -0.39 is 48.9 Å². The second-order valence-electron chi connectivity index (χ2n) is 16.5. The number of aromatic nitrogens is 1. The minimum absolute atomic E-state index is 0.103. The number of fused-ring (bicyclic) bond motifs is 1. The van der Waals surface area contributed by atoms with Crippen LogP contribution in [0.4, 0.5) is 19.7 Å². The van der Waals surface area contributed by atoms with E-state index in [1.807, 2.05) is 30.3 Å². The van der Waals surface area contributed by atoms with Crippen molar-refractivity contribution in [3.8, 4) is 0 Å². The molecule has 0 bridgehead atoms. The number of ether oxygens (including phenoxy) is 4. The third kappa shape index (κ3) is 10.8. The van der Waals surface area contributed by atoms with Crippen LogP contribution in [0.5, 0.6) is 0 Å². The zero-order valence-electron chi connectivity index (χ0n) is 33.2. The maximum Gasteiger partial charge on any atom is 0.511 e. The maximum absolute atomic E-state index is 14.2. The van der Waals surface area contributed by atoms with Gasteiger partial charge in [0.1, 0.15) is 30.1 Å². The first-order chi connectivity index (χ1) is 27.3. The van der Waals surface area contributed by atoms with Gasteiger partial charge in [0.15, 0.2) is 0 Å². The van der Waals surface area contributed by atoms with E-state index >= 15 is 0 Å². The number of halogens is 1. The van der Waals surface area contributed by atoms with Crippen molar-refractivity contribution in [1.29, 1.82) is 0 Å². The number of rotatable bonds is 11. The van der Waals surface area contributed by atoms with Crippen LogP contribution in [-0.4, -0.2) is 83.2 Å². The number of alkyl halides is 1. The summed E-state index contributed by atoms with van der Waals surface area (Å²) in [6, 6.07) is 15.0. The second kappa shape index (κ2) is 18.4. The van der Waals surface area contributed by atoms with E-state index in [0.29, 0.717) is 55.2 Å². The highest BCUT2D eigenvalue weighted by molar-refractivity contribution is 6.01. The average Bonchev–Trinajstić information content (AvgIpc) is 3.82. The first kappa shape index (κ1) is 41.5. The fourth-order valence-electron chi connectivity index (χ4n) is 8.41. The lowest BCUT2D eigenvalue weighted by molar-refractivity contribution is -0.141. The number of esters is 1. The molecule has 1 saturated heterocycles. The molecular weight excluding hydrogens is 735 g/mol. The molecule has 2 aromatic carbocycles. The van der Waals surface area contributed by atoms with Gasteiger partial charge in [0.05, 0.1) is 6.04 Å². The van der Waals surface area contributed by atoms with Gasteiger partial charge in [-0.3, -0.25) is 9.59 Å². The van der Waals surface area contributed by atoms with Gasteiger partial charge in [0.25, 0.3) is 0 Å². The molecule has 4 atom stereocenters. The number of carbonyl (C=O) groups is 5. The van der Waals surface area contributed by atoms with Crippen LogP contribution in [0, 0.1) is 11.8 Å². The summed E-state index contributed by atoms with van der Waals surface area (Å²) in [5.74, 6) is -1.87. The molecule has 14 heteroatoms. The van der Waals surface area contributed by atoms with Gasteiger partial charge in [-0.15, -0.1) is 0 Å². The first-order valence-electron chi connectivity index (χ1n) is 20.2. The van der Waals surface area contributed by atoms with Crippen molar-refractivity contribution in [3.05, 3.63) is 65.9 Å². The highest BCUT2D eigenvalue weighted by Crippen LogP contribution is 2.39. The Bertz CT molecular complexity index is 1880. The molecule has 308 valence electrons. The fourth-order valence-corrected chi connectivity index (χ4v) is 8.41. The Kier molecular flexibility index (Phi) is 13.4. The fraction of sp³-hybridized carbons (Fsp3) is 0.558. The number of alkyl carbamates (subject to hydrolysis) is 1. The molecule has 1 unspecified atom stereocenters. The van der Waals surface area contributed by atoms with E-state index in [-0.39, 0.29) is 41.4 Å². The number of carbonyl (C=O) groups excluding carboxylic acids is 5. The zero-order valence-corrected chi connectivity index (χ0v) is 33.2. The van der Waals surface area contributed by atoms with Crippen LogP contribution >= 0.6 is 0 Å². The van der Waals surface area contributed by atoms with Crippen LogP contribution in [0.25, 0.3) is 10.9 Å². The number of anilines is 1. The number of hydrogen-bond acceptors (Lipinski definition) is 9. The molecule has 3 fully saturated rings. The van der Waals surface area contributed by atoms with Crippen LogP contribution in [0.1, 0.15) is 114 Å². The molecule has 2 aliphatic carbocycles. The van der Waals surface area contributed by atoms with E-state index in [1.54, 1.807) is 49.9 Å². The molecule has 57 heavy (non-hydrogen) atoms. The number of amides is 3. The summed E-state index contributed by atoms with van der Waals surface area (Å²) in [7, 11) is 0. The van der Waals surface area contributed by atoms with Crippen LogP contribution in [0.2, 0.25) is 0 Å². The highest BCUT2D eigenvalue weighted by Gasteiger charge is 2.45. The van der Waals surface area contributed by atoms with Crippen molar-refractivity contribution in [2.75, 3.05) is 18.5 Å². The Hall–Kier alpha value is -5.14. The quantitative estimate of drug-likeness (QED) is 0.0988. The van der Waals surface area contributed by atoms with Crippen molar-refractivity contribution in [2.24, 2.45) is 11.8 Å². The van der Waals surface area contributed by atoms with E-state index in [0.717, 1.165) is 37.7 Å². The topological polar surface area (TPSA) is 165 Å². The summed E-state index contributed by atoms with van der Waals surface area (Å²) >= 11 is 0. The standard InChI is InChI=1S/C43H55FN4O9/c1-26(55-42(53)56-32-13-9-6-10-14-32)54-40(51)35-24-30-23-31(19-20-34(30)46-35)45-38(49)37-33(27-11-7-5-8-12-27)21-22-48(37)39(50)29-17-15-28(16-18-29)36(25-44)47-41(52)57-43(2,3)4/h5,7-8,11-12,19-20,23-24,26,28-29,32-33,36-37,46H,6,9-10,13-18,21-22,25H2,1-4H3,(H,45,49)(H,47,52)/t26?,28?,29?,33-,36-,37+/m1/s1. The van der Waals surface area contributed by atoms with Gasteiger partial charge in [-0.2, -0.15) is 0 Å². The molecule has 0 radical (unpaired) electrons. The zero-order chi connectivity index (χ0) is 40.7. The second-order valence-corrected chi connectivity index (χ2v) is 16.5. The van der Waals surface area contributed by atoms with Crippen molar-refractivity contribution in [2.45, 2.75) is 128 Å². The van der Waals surface area contributed by atoms with Crippen molar-refractivity contribution in [1.82, 2.24) is 15.2 Å². The van der Waals surface area contributed by atoms with Gasteiger partial charge in [-0.05, 0) is 114 Å². The van der Waals surface area contributed by atoms with Gasteiger partial charge < -0.3 is 39.5 Å². The molecule has 0 spiro atoms. The van der Waals surface area contributed by atoms with Crippen molar-refractivity contribution in [3.63, 3.8) is 0 Å². The molecule has 3 aromatic rings. The molecular formula is C43H55FN4O9. The minimum Gasteiger partial charge on any atom is -0.444 e. The molecule has 3 amide bonds. The monoisotopic (exact) mass is 790 g/mol. The summed E-state index contributed by atoms with van der Waals surface area (Å²) in [4.78, 5) is 70.7. The smallest absolute Gasteiger partial charge is 0.444 e. The summed E-state index contributed by atoms with van der Waals surface area (Å²) in [6.45, 7) is 6.36. The van der Waals surface area contributed by atoms with Crippen LogP contribution < -0.4 is 10.6 Å². The normalized spacial score (nSPS) is 22.6. The number of aromatic amines is 1. The molecule has 13 nitrogen and oxygen atoms in total. The average molecular weight is 791 g/mol. The Balaban J connectivity index is 1.09. The van der Waals surface area contributed by atoms with Gasteiger partial charge >= 0.3 is 18.2 Å². The van der Waals surface area contributed by atoms with Gasteiger partial charge in [-0.25, -0.2) is 18.8 Å². The summed E-state index contributed by atoms with van der Waals surface area (Å²) < 4.78 is 35.3. The summed E-state index contributed by atoms with van der Waals surface area (Å²) in [5.41, 5.74) is 1.49. The van der Waals surface area contributed by atoms with Gasteiger partial charge in [0, 0.05) is 41.9 Å². The molecule has 1 aromatic heterocycles. The molecule has 2 saturated carbocycles. The molecule has 6 rings (SSSR count). The Labute approximate surface area is 332 Å². The lowest BCUT2D eigenvalue weighted by Crippen LogP contribution is -2.49. The van der Waals surface area contributed by atoms with E-state index in [2.05, 4.69) is 15.6 Å². The maximum atomic E-state index is 14.2. The summed E-state index contributed by atoms with van der Waals surface area (Å²) in [5, 5.41) is 6.33. The number of H-pyrrole nitrogens is 1. The van der Waals surface area contributed by atoms with Crippen molar-refractivity contribution >= 4 is 46.6 Å². The SMILES string of the molecule is CC(OC(=O)OC1CCCCC1)OC(=O)c1cc2cc(NC(=O)[C@@H]3[C@@H](c4ccccc4)CCN3C(=O)C3CCC([C@@H](CF)NC(=O)OC(C)(C)C)CC3)ccc2[nH]1. The lowest BCUT2D eigenvalue weighted by atomic mass is 9.78. The van der Waals surface area contributed by atoms with Crippen LogP contribution in [-0.2, 0) is 28.5 Å². The molecule has 3 N–H and O–H groups in total. The third-order valence-electron chi connectivity index (χ3n) is 11.2. The van der Waals surface area contributed by atoms with E-state index in [1.165, 1.54) is 6.92 Å². The van der Waals surface area contributed by atoms with Crippen LogP contribution in [0.3, 0.4) is 0 Å². The Morgan fingerprint density at radius 2 is 1.61 bits per heavy atom. The number of hydrogen-bond donors (Lipinski definition) is 3. The first-order valence-corrected chi connectivity index (χ1v) is 20.2. The van der Waals surface area contributed by atoms with Crippen molar-refractivity contribution < 1.29 is 47.3 Å². The Morgan fingerprint density at radius 3 is 2.30 bits per heavy atom. The van der Waals surface area contributed by atoms with Gasteiger partial charge in [-0.1, -0.05) is 36.8 Å². The van der Waals surface area contributed by atoms with Gasteiger partial charge in [0.2, 0.25) is 18.1 Å². The Morgan fingerprint density at radius 1 is 0.895 bits per heavy atom. The highest BCUT2D eigenvalue weighted by atomic mass is 19.1. The minimum atomic E-state index is -1.17. The number of benzene rings is 2. The lowest BCUT2D eigenvalue weighted by Gasteiger charge is -2.36. The predicted octanol–water partition coefficient (Wildman–Crippen LogP) is 8.15. The molecule has 3 aliphatic rings. The largest absolute Gasteiger partial charge is 0.511 e.